The van der Waals surface area contributed by atoms with Gasteiger partial charge in [-0.25, -0.2) is 0 Å². The average Bonchev–Trinajstić information content (AvgIpc) is 2.75. The molecule has 0 saturated carbocycles. The summed E-state index contributed by atoms with van der Waals surface area (Å²) in [5.41, 5.74) is 1.52. The smallest absolute Gasteiger partial charge is 0.306 e. The van der Waals surface area contributed by atoms with Gasteiger partial charge in [0.1, 0.15) is 5.75 Å². The topological polar surface area (TPSA) is 72.9 Å². The predicted octanol–water partition coefficient (Wildman–Crippen LogP) is 4.03. The zero-order valence-corrected chi connectivity index (χ0v) is 17.8. The fourth-order valence-electron chi connectivity index (χ4n) is 2.90. The molecule has 2 rings (SSSR count). The molecule has 2 aromatic carbocycles. The van der Waals surface area contributed by atoms with Gasteiger partial charge in [-0.3, -0.25) is 14.4 Å². The molecule has 0 N–H and O–H groups in total. The largest absolute Gasteiger partial charge is 0.494 e. The van der Waals surface area contributed by atoms with Crippen molar-refractivity contribution in [2.24, 2.45) is 0 Å². The first kappa shape index (κ1) is 23.1. The number of benzene rings is 2. The van der Waals surface area contributed by atoms with E-state index in [0.29, 0.717) is 24.5 Å². The Bertz CT molecular complexity index is 830. The van der Waals surface area contributed by atoms with Crippen LogP contribution in [0.4, 0.5) is 0 Å². The van der Waals surface area contributed by atoms with Crippen molar-refractivity contribution in [2.75, 3.05) is 13.2 Å². The summed E-state index contributed by atoms with van der Waals surface area (Å²) in [7, 11) is 0. The number of amides is 1. The molecule has 6 heteroatoms. The first-order chi connectivity index (χ1) is 14.4. The monoisotopic (exact) mass is 411 g/mol. The number of Topliss-reactive ketones (excluding diaryl/α,β-unsaturated/α-hetero) is 1. The Kier molecular flexibility index (Phi) is 9.06. The SMILES string of the molecule is CCOc1ccc(C(=O)CCC(=O)OCC(=O)N(Cc2ccccc2)C(C)C)cc1. The second kappa shape index (κ2) is 11.8. The van der Waals surface area contributed by atoms with Crippen LogP contribution in [0.15, 0.2) is 54.6 Å². The maximum Gasteiger partial charge on any atom is 0.306 e. The zero-order chi connectivity index (χ0) is 21.9. The van der Waals surface area contributed by atoms with E-state index in [-0.39, 0.29) is 37.2 Å². The minimum absolute atomic E-state index is 0.0267. The van der Waals surface area contributed by atoms with Crippen LogP contribution in [0.2, 0.25) is 0 Å². The average molecular weight is 411 g/mol. The van der Waals surface area contributed by atoms with E-state index in [1.165, 1.54) is 0 Å². The van der Waals surface area contributed by atoms with E-state index in [0.717, 1.165) is 5.56 Å². The van der Waals surface area contributed by atoms with E-state index in [9.17, 15) is 14.4 Å². The summed E-state index contributed by atoms with van der Waals surface area (Å²) >= 11 is 0. The van der Waals surface area contributed by atoms with E-state index < -0.39 is 5.97 Å². The van der Waals surface area contributed by atoms with Gasteiger partial charge in [0.05, 0.1) is 13.0 Å². The molecule has 0 spiro atoms. The number of ether oxygens (including phenoxy) is 2. The van der Waals surface area contributed by atoms with Gasteiger partial charge < -0.3 is 14.4 Å². The Morgan fingerprint density at radius 1 is 0.933 bits per heavy atom. The van der Waals surface area contributed by atoms with Crippen LogP contribution >= 0.6 is 0 Å². The van der Waals surface area contributed by atoms with Crippen molar-refractivity contribution in [3.05, 3.63) is 65.7 Å². The van der Waals surface area contributed by atoms with Crippen molar-refractivity contribution < 1.29 is 23.9 Å². The number of nitrogens with zero attached hydrogens (tertiary/aromatic N) is 1. The lowest BCUT2D eigenvalue weighted by Gasteiger charge is -2.26. The molecule has 0 radical (unpaired) electrons. The van der Waals surface area contributed by atoms with Crippen molar-refractivity contribution >= 4 is 17.7 Å². The van der Waals surface area contributed by atoms with Crippen LogP contribution in [0.25, 0.3) is 0 Å². The molecule has 30 heavy (non-hydrogen) atoms. The van der Waals surface area contributed by atoms with Crippen LogP contribution in [-0.4, -0.2) is 41.8 Å². The molecule has 0 aromatic heterocycles. The number of esters is 1. The van der Waals surface area contributed by atoms with E-state index in [2.05, 4.69) is 0 Å². The summed E-state index contributed by atoms with van der Waals surface area (Å²) in [6, 6.07) is 16.4. The fourth-order valence-corrected chi connectivity index (χ4v) is 2.90. The number of rotatable bonds is 11. The highest BCUT2D eigenvalue weighted by atomic mass is 16.5. The molecule has 0 fully saturated rings. The third kappa shape index (κ3) is 7.35. The van der Waals surface area contributed by atoms with Crippen LogP contribution < -0.4 is 4.74 Å². The summed E-state index contributed by atoms with van der Waals surface area (Å²) in [4.78, 5) is 38.4. The van der Waals surface area contributed by atoms with Gasteiger partial charge in [0.2, 0.25) is 0 Å². The van der Waals surface area contributed by atoms with E-state index in [1.807, 2.05) is 51.1 Å². The minimum Gasteiger partial charge on any atom is -0.494 e. The van der Waals surface area contributed by atoms with Gasteiger partial charge in [-0.1, -0.05) is 30.3 Å². The van der Waals surface area contributed by atoms with Crippen LogP contribution in [0.1, 0.15) is 49.5 Å². The Morgan fingerprint density at radius 3 is 2.20 bits per heavy atom. The normalized spacial score (nSPS) is 10.5. The molecule has 0 atom stereocenters. The van der Waals surface area contributed by atoms with Gasteiger partial charge in [0.25, 0.3) is 5.91 Å². The lowest BCUT2D eigenvalue weighted by molar-refractivity contribution is -0.153. The summed E-state index contributed by atoms with van der Waals surface area (Å²) in [6.07, 6.45) is -0.0431. The van der Waals surface area contributed by atoms with Crippen LogP contribution in [-0.2, 0) is 20.9 Å². The Labute approximate surface area is 177 Å². The number of hydrogen-bond acceptors (Lipinski definition) is 5. The Morgan fingerprint density at radius 2 is 1.60 bits per heavy atom. The standard InChI is InChI=1S/C24H29NO5/c1-4-29-21-12-10-20(11-13-21)22(26)14-15-24(28)30-17-23(27)25(18(2)3)16-19-8-6-5-7-9-19/h5-13,18H,4,14-17H2,1-3H3. The van der Waals surface area contributed by atoms with Gasteiger partial charge in [-0.05, 0) is 50.6 Å². The fraction of sp³-hybridized carbons (Fsp3) is 0.375. The van der Waals surface area contributed by atoms with Crippen molar-refractivity contribution in [1.82, 2.24) is 4.90 Å². The lowest BCUT2D eigenvalue weighted by Crippen LogP contribution is -2.39. The molecule has 0 heterocycles. The molecule has 6 nitrogen and oxygen atoms in total. The maximum atomic E-state index is 12.5. The maximum absolute atomic E-state index is 12.5. The third-order valence-electron chi connectivity index (χ3n) is 4.54. The highest BCUT2D eigenvalue weighted by Gasteiger charge is 2.19. The van der Waals surface area contributed by atoms with Gasteiger partial charge in [0, 0.05) is 24.6 Å². The quantitative estimate of drug-likeness (QED) is 0.412. The first-order valence-corrected chi connectivity index (χ1v) is 10.2. The molecule has 1 amide bonds. The van der Waals surface area contributed by atoms with Crippen LogP contribution in [0, 0.1) is 0 Å². The molecule has 0 aliphatic rings. The molecule has 0 aliphatic heterocycles. The van der Waals surface area contributed by atoms with Gasteiger partial charge >= 0.3 is 5.97 Å². The van der Waals surface area contributed by atoms with Crippen molar-refractivity contribution in [3.63, 3.8) is 0 Å². The van der Waals surface area contributed by atoms with Gasteiger partial charge in [-0.2, -0.15) is 0 Å². The van der Waals surface area contributed by atoms with Crippen molar-refractivity contribution in [1.29, 1.82) is 0 Å². The summed E-state index contributed by atoms with van der Waals surface area (Å²) in [5, 5.41) is 0. The number of carbonyl (C=O) groups excluding carboxylic acids is 3. The highest BCUT2D eigenvalue weighted by molar-refractivity contribution is 5.97. The Balaban J connectivity index is 1.79. The van der Waals surface area contributed by atoms with E-state index in [1.54, 1.807) is 29.2 Å². The van der Waals surface area contributed by atoms with Gasteiger partial charge in [0.15, 0.2) is 12.4 Å². The van der Waals surface area contributed by atoms with Crippen LogP contribution in [0.3, 0.4) is 0 Å². The third-order valence-corrected chi connectivity index (χ3v) is 4.54. The Hall–Kier alpha value is -3.15. The second-order valence-electron chi connectivity index (χ2n) is 7.14. The lowest BCUT2D eigenvalue weighted by atomic mass is 10.1. The van der Waals surface area contributed by atoms with Crippen LogP contribution in [0.5, 0.6) is 5.75 Å². The van der Waals surface area contributed by atoms with Crippen molar-refractivity contribution in [3.8, 4) is 5.75 Å². The molecular weight excluding hydrogens is 382 g/mol. The molecule has 2 aromatic rings. The molecule has 0 saturated heterocycles. The second-order valence-corrected chi connectivity index (χ2v) is 7.14. The molecular formula is C24H29NO5. The zero-order valence-electron chi connectivity index (χ0n) is 17.8. The number of carbonyl (C=O) groups is 3. The first-order valence-electron chi connectivity index (χ1n) is 10.2. The number of ketones is 1. The predicted molar refractivity (Wildman–Crippen MR) is 114 cm³/mol. The van der Waals surface area contributed by atoms with E-state index in [4.69, 9.17) is 9.47 Å². The van der Waals surface area contributed by atoms with Crippen molar-refractivity contribution in [2.45, 2.75) is 46.2 Å². The summed E-state index contributed by atoms with van der Waals surface area (Å²) in [6.45, 7) is 6.39. The minimum atomic E-state index is -0.564. The summed E-state index contributed by atoms with van der Waals surface area (Å²) in [5.74, 6) is -0.294. The van der Waals surface area contributed by atoms with Gasteiger partial charge in [-0.15, -0.1) is 0 Å². The summed E-state index contributed by atoms with van der Waals surface area (Å²) < 4.78 is 10.5. The molecule has 0 aliphatic carbocycles. The van der Waals surface area contributed by atoms with E-state index >= 15 is 0 Å². The molecule has 0 unspecified atom stereocenters. The number of hydrogen-bond donors (Lipinski definition) is 0. The highest BCUT2D eigenvalue weighted by Crippen LogP contribution is 2.14. The molecule has 160 valence electrons. The molecule has 0 bridgehead atoms.